The molecule has 1 saturated heterocycles. The van der Waals surface area contributed by atoms with Crippen molar-refractivity contribution in [2.75, 3.05) is 25.5 Å². The first-order valence-electron chi connectivity index (χ1n) is 7.82. The Kier molecular flexibility index (Phi) is 3.22. The summed E-state index contributed by atoms with van der Waals surface area (Å²) >= 11 is 0. The van der Waals surface area contributed by atoms with Crippen molar-refractivity contribution in [3.8, 4) is 0 Å². The smallest absolute Gasteiger partial charge is 0.0740 e. The van der Waals surface area contributed by atoms with Crippen LogP contribution in [-0.2, 0) is 0 Å². The van der Waals surface area contributed by atoms with E-state index in [0.29, 0.717) is 6.04 Å². The first-order valence-corrected chi connectivity index (χ1v) is 7.82. The molecule has 1 aromatic heterocycles. The third kappa shape index (κ3) is 2.41. The highest BCUT2D eigenvalue weighted by Crippen LogP contribution is 2.29. The van der Waals surface area contributed by atoms with Gasteiger partial charge in [0.1, 0.15) is 0 Å². The number of benzene rings is 1. The van der Waals surface area contributed by atoms with E-state index >= 15 is 0 Å². The lowest BCUT2D eigenvalue weighted by Gasteiger charge is -2.37. The Morgan fingerprint density at radius 3 is 2.86 bits per heavy atom. The minimum Gasteiger partial charge on any atom is -0.379 e. The largest absolute Gasteiger partial charge is 0.379 e. The first-order chi connectivity index (χ1) is 10.7. The molecule has 0 saturated carbocycles. The van der Waals surface area contributed by atoms with E-state index < -0.39 is 0 Å². The molecule has 2 N–H and O–H groups in total. The maximum atomic E-state index is 4.72. The van der Waals surface area contributed by atoms with Gasteiger partial charge in [-0.05, 0) is 31.7 Å². The molecule has 4 rings (SSSR count). The number of anilines is 1. The monoisotopic (exact) mass is 295 g/mol. The predicted molar refractivity (Wildman–Crippen MR) is 90.4 cm³/mol. The summed E-state index contributed by atoms with van der Waals surface area (Å²) in [7, 11) is 2.15. The zero-order chi connectivity index (χ0) is 15.1. The molecule has 0 radical (unpaired) electrons. The van der Waals surface area contributed by atoms with E-state index in [1.165, 1.54) is 16.6 Å². The highest BCUT2D eigenvalue weighted by atomic mass is 15.3. The molecule has 0 bridgehead atoms. The summed E-state index contributed by atoms with van der Waals surface area (Å²) in [6, 6.07) is 9.53. The van der Waals surface area contributed by atoms with E-state index in [1.54, 1.807) is 0 Å². The minimum atomic E-state index is 0.281. The molecule has 0 spiro atoms. The molecular weight excluding hydrogens is 274 g/mol. The number of rotatable bonds is 3. The van der Waals surface area contributed by atoms with Gasteiger partial charge in [0, 0.05) is 42.5 Å². The topological polar surface area (TPSA) is 52.5 Å². The molecule has 1 unspecified atom stereocenters. The van der Waals surface area contributed by atoms with Crippen molar-refractivity contribution < 1.29 is 0 Å². The van der Waals surface area contributed by atoms with Crippen molar-refractivity contribution in [1.29, 1.82) is 0 Å². The van der Waals surface area contributed by atoms with Gasteiger partial charge in [0.05, 0.1) is 17.6 Å². The number of pyridine rings is 1. The molecule has 1 atom stereocenters. The van der Waals surface area contributed by atoms with E-state index in [1.807, 2.05) is 6.21 Å². The lowest BCUT2D eigenvalue weighted by Crippen LogP contribution is -2.52. The third-order valence-corrected chi connectivity index (χ3v) is 4.45. The molecule has 5 heteroatoms. The molecule has 22 heavy (non-hydrogen) atoms. The van der Waals surface area contributed by atoms with Gasteiger partial charge < -0.3 is 15.6 Å². The van der Waals surface area contributed by atoms with Crippen molar-refractivity contribution in [2.24, 2.45) is 5.10 Å². The van der Waals surface area contributed by atoms with Crippen LogP contribution >= 0.6 is 0 Å². The van der Waals surface area contributed by atoms with Crippen LogP contribution in [-0.4, -0.2) is 42.3 Å². The number of likely N-dealkylation sites (N-methyl/N-ethyl adjacent to an activating group) is 1. The summed E-state index contributed by atoms with van der Waals surface area (Å²) in [6.07, 6.45) is 2.87. The number of aromatic nitrogens is 1. The molecule has 2 aromatic rings. The van der Waals surface area contributed by atoms with Crippen LogP contribution in [0.15, 0.2) is 29.4 Å². The van der Waals surface area contributed by atoms with Gasteiger partial charge in [-0.3, -0.25) is 4.98 Å². The van der Waals surface area contributed by atoms with Crippen molar-refractivity contribution >= 4 is 22.8 Å². The van der Waals surface area contributed by atoms with Gasteiger partial charge in [0.15, 0.2) is 0 Å². The molecule has 3 heterocycles. The highest BCUT2D eigenvalue weighted by molar-refractivity contribution is 5.92. The normalized spacial score (nSPS) is 21.8. The van der Waals surface area contributed by atoms with Crippen LogP contribution < -0.4 is 10.7 Å². The molecule has 2 aliphatic heterocycles. The van der Waals surface area contributed by atoms with E-state index in [-0.39, 0.29) is 6.04 Å². The molecule has 2 aliphatic rings. The molecular formula is C17H21N5. The Balaban J connectivity index is 1.68. The Labute approximate surface area is 130 Å². The number of hydrazone groups is 1. The maximum absolute atomic E-state index is 4.72. The van der Waals surface area contributed by atoms with Gasteiger partial charge in [-0.15, -0.1) is 0 Å². The van der Waals surface area contributed by atoms with Crippen LogP contribution in [0.1, 0.15) is 23.7 Å². The van der Waals surface area contributed by atoms with Gasteiger partial charge in [-0.2, -0.15) is 5.10 Å². The van der Waals surface area contributed by atoms with Crippen LogP contribution in [0.3, 0.4) is 0 Å². The van der Waals surface area contributed by atoms with Crippen LogP contribution in [0.5, 0.6) is 0 Å². The third-order valence-electron chi connectivity index (χ3n) is 4.45. The second-order valence-corrected chi connectivity index (χ2v) is 6.38. The lowest BCUT2D eigenvalue weighted by molar-refractivity contribution is 0.205. The Bertz CT molecular complexity index is 725. The number of hydrogen-bond acceptors (Lipinski definition) is 5. The fourth-order valence-electron chi connectivity index (χ4n) is 3.29. The van der Waals surface area contributed by atoms with Crippen LogP contribution in [0.25, 0.3) is 10.9 Å². The number of hydrogen-bond donors (Lipinski definition) is 2. The molecule has 0 amide bonds. The van der Waals surface area contributed by atoms with E-state index in [0.717, 1.165) is 30.7 Å². The maximum Gasteiger partial charge on any atom is 0.0740 e. The Hall–Kier alpha value is -2.14. The van der Waals surface area contributed by atoms with Crippen LogP contribution in [0, 0.1) is 6.92 Å². The number of fused-ring (bicyclic) bond motifs is 1. The van der Waals surface area contributed by atoms with Gasteiger partial charge in [-0.25, -0.2) is 0 Å². The second kappa shape index (κ2) is 5.25. The fraction of sp³-hybridized carbons (Fsp3) is 0.412. The number of likely N-dealkylation sites (tertiary alicyclic amines) is 1. The summed E-state index contributed by atoms with van der Waals surface area (Å²) in [6.45, 7) is 4.26. The summed E-state index contributed by atoms with van der Waals surface area (Å²) < 4.78 is 0. The minimum absolute atomic E-state index is 0.281. The number of aryl methyl sites for hydroxylation is 1. The predicted octanol–water partition coefficient (Wildman–Crippen LogP) is 2.29. The Morgan fingerprint density at radius 1 is 1.27 bits per heavy atom. The standard InChI is InChI=1S/C17H21N5/c1-11-7-16(20-13-9-22(2)10-13)14-4-3-12(8-17(14)19-11)15-5-6-18-21-15/h3-4,6-8,13,15,21H,5,9-10H2,1-2H3,(H,19,20). The van der Waals surface area contributed by atoms with E-state index in [2.05, 4.69) is 59.0 Å². The average molecular weight is 295 g/mol. The molecule has 1 fully saturated rings. The molecule has 5 nitrogen and oxygen atoms in total. The van der Waals surface area contributed by atoms with Gasteiger partial charge >= 0.3 is 0 Å². The molecule has 1 aromatic carbocycles. The quantitative estimate of drug-likeness (QED) is 0.912. The zero-order valence-corrected chi connectivity index (χ0v) is 13.0. The van der Waals surface area contributed by atoms with E-state index in [9.17, 15) is 0 Å². The van der Waals surface area contributed by atoms with Gasteiger partial charge in [0.25, 0.3) is 0 Å². The zero-order valence-electron chi connectivity index (χ0n) is 13.0. The van der Waals surface area contributed by atoms with Crippen molar-refractivity contribution in [1.82, 2.24) is 15.3 Å². The number of nitrogens with zero attached hydrogens (tertiary/aromatic N) is 3. The second-order valence-electron chi connectivity index (χ2n) is 6.38. The highest BCUT2D eigenvalue weighted by Gasteiger charge is 2.23. The molecule has 0 aliphatic carbocycles. The van der Waals surface area contributed by atoms with Crippen LogP contribution in [0.4, 0.5) is 5.69 Å². The molecule has 114 valence electrons. The van der Waals surface area contributed by atoms with Crippen molar-refractivity contribution in [3.05, 3.63) is 35.5 Å². The van der Waals surface area contributed by atoms with Gasteiger partial charge in [0.2, 0.25) is 0 Å². The van der Waals surface area contributed by atoms with Crippen molar-refractivity contribution in [3.63, 3.8) is 0 Å². The number of nitrogens with one attached hydrogen (secondary N) is 2. The average Bonchev–Trinajstić information content (AvgIpc) is 2.99. The summed E-state index contributed by atoms with van der Waals surface area (Å²) in [5, 5.41) is 8.97. The van der Waals surface area contributed by atoms with Gasteiger partial charge in [-0.1, -0.05) is 12.1 Å². The lowest BCUT2D eigenvalue weighted by atomic mass is 10.0. The summed E-state index contributed by atoms with van der Waals surface area (Å²) in [5.41, 5.74) is 7.70. The summed E-state index contributed by atoms with van der Waals surface area (Å²) in [5.74, 6) is 0. The summed E-state index contributed by atoms with van der Waals surface area (Å²) in [4.78, 5) is 7.03. The van der Waals surface area contributed by atoms with Crippen LogP contribution in [0.2, 0.25) is 0 Å². The Morgan fingerprint density at radius 2 is 2.14 bits per heavy atom. The first kappa shape index (κ1) is 13.5. The SMILES string of the molecule is Cc1cc(NC2CN(C)C2)c2ccc(C3CC=NN3)cc2n1. The van der Waals surface area contributed by atoms with E-state index in [4.69, 9.17) is 4.98 Å². The fourth-order valence-corrected chi connectivity index (χ4v) is 3.29. The van der Waals surface area contributed by atoms with Crippen molar-refractivity contribution in [2.45, 2.75) is 25.4 Å².